The van der Waals surface area contributed by atoms with Gasteiger partial charge in [-0.05, 0) is 24.3 Å². The first-order valence-corrected chi connectivity index (χ1v) is 6.62. The number of fused-ring (bicyclic) bond motifs is 1. The van der Waals surface area contributed by atoms with E-state index in [1.165, 1.54) is 12.1 Å². The van der Waals surface area contributed by atoms with E-state index in [1.54, 1.807) is 34.9 Å². The van der Waals surface area contributed by atoms with Crippen molar-refractivity contribution in [3.05, 3.63) is 59.7 Å². The van der Waals surface area contributed by atoms with Crippen molar-refractivity contribution in [3.63, 3.8) is 0 Å². The smallest absolute Gasteiger partial charge is 0.337 e. The third-order valence-corrected chi connectivity index (χ3v) is 3.39. The van der Waals surface area contributed by atoms with Gasteiger partial charge in [0.2, 0.25) is 0 Å². The van der Waals surface area contributed by atoms with E-state index in [0.29, 0.717) is 29.0 Å². The largest absolute Gasteiger partial charge is 0.478 e. The molecule has 0 atom stereocenters. The van der Waals surface area contributed by atoms with Crippen LogP contribution in [0, 0.1) is 5.82 Å². The number of benzene rings is 2. The number of nitrogens with zero attached hydrogens (tertiary/aromatic N) is 2. The number of halogens is 1. The molecule has 1 heterocycles. The number of carboxylic acids is 1. The van der Waals surface area contributed by atoms with Gasteiger partial charge in [0.15, 0.2) is 0 Å². The van der Waals surface area contributed by atoms with Crippen molar-refractivity contribution < 1.29 is 14.3 Å². The van der Waals surface area contributed by atoms with Crippen molar-refractivity contribution >= 4 is 17.0 Å². The molecule has 1 aromatic heterocycles. The molecule has 0 saturated carbocycles. The molecule has 0 bridgehead atoms. The number of hydrogen-bond acceptors (Lipinski definition) is 2. The predicted molar refractivity (Wildman–Crippen MR) is 77.4 cm³/mol. The van der Waals surface area contributed by atoms with E-state index < -0.39 is 5.97 Å². The molecule has 0 aliphatic rings. The van der Waals surface area contributed by atoms with Crippen molar-refractivity contribution in [1.29, 1.82) is 0 Å². The zero-order valence-electron chi connectivity index (χ0n) is 11.4. The normalized spacial score (nSPS) is 11.0. The Morgan fingerprint density at radius 2 is 2.00 bits per heavy atom. The van der Waals surface area contributed by atoms with Gasteiger partial charge in [-0.25, -0.2) is 14.2 Å². The molecule has 106 valence electrons. The van der Waals surface area contributed by atoms with Crippen LogP contribution in [-0.2, 0) is 6.42 Å². The molecule has 0 aliphatic heterocycles. The van der Waals surface area contributed by atoms with Crippen LogP contribution in [0.2, 0.25) is 0 Å². The lowest BCUT2D eigenvalue weighted by Crippen LogP contribution is -2.02. The van der Waals surface area contributed by atoms with E-state index in [1.807, 2.05) is 6.92 Å². The number of para-hydroxylation sites is 2. The zero-order chi connectivity index (χ0) is 15.0. The van der Waals surface area contributed by atoms with Crippen LogP contribution < -0.4 is 0 Å². The molecule has 0 amide bonds. The average molecular weight is 284 g/mol. The minimum Gasteiger partial charge on any atom is -0.478 e. The first-order valence-electron chi connectivity index (χ1n) is 6.62. The SMILES string of the molecule is CCc1nc2c(C(=O)O)cccc2n1-c1ccccc1F. The van der Waals surface area contributed by atoms with E-state index in [2.05, 4.69) is 4.98 Å². The van der Waals surface area contributed by atoms with Gasteiger partial charge in [-0.1, -0.05) is 25.1 Å². The number of carboxylic acid groups (broad SMARTS) is 1. The highest BCUT2D eigenvalue weighted by Gasteiger charge is 2.18. The molecule has 3 aromatic rings. The molecule has 5 heteroatoms. The van der Waals surface area contributed by atoms with E-state index >= 15 is 0 Å². The van der Waals surface area contributed by atoms with E-state index in [-0.39, 0.29) is 11.4 Å². The fourth-order valence-corrected chi connectivity index (χ4v) is 2.46. The van der Waals surface area contributed by atoms with Crippen LogP contribution in [0.1, 0.15) is 23.1 Å². The fraction of sp³-hybridized carbons (Fsp3) is 0.125. The number of aromatic carboxylic acids is 1. The van der Waals surface area contributed by atoms with Gasteiger partial charge in [-0.3, -0.25) is 4.57 Å². The van der Waals surface area contributed by atoms with Gasteiger partial charge >= 0.3 is 5.97 Å². The standard InChI is InChI=1S/C16H13FN2O2/c1-2-14-18-15-10(16(20)21)6-5-9-13(15)19(14)12-8-4-3-7-11(12)17/h3-9H,2H2,1H3,(H,20,21). The van der Waals surface area contributed by atoms with Crippen LogP contribution in [-0.4, -0.2) is 20.6 Å². The van der Waals surface area contributed by atoms with Gasteiger partial charge in [0.05, 0.1) is 16.8 Å². The Labute approximate surface area is 120 Å². The van der Waals surface area contributed by atoms with Crippen molar-refractivity contribution in [2.75, 3.05) is 0 Å². The first kappa shape index (κ1) is 13.3. The second-order valence-corrected chi connectivity index (χ2v) is 4.65. The topological polar surface area (TPSA) is 55.1 Å². The molecule has 1 N–H and O–H groups in total. The maximum Gasteiger partial charge on any atom is 0.337 e. The summed E-state index contributed by atoms with van der Waals surface area (Å²) in [5.74, 6) is -0.780. The lowest BCUT2D eigenvalue weighted by Gasteiger charge is -2.09. The summed E-state index contributed by atoms with van der Waals surface area (Å²) in [5.41, 5.74) is 1.47. The Balaban J connectivity index is 2.40. The summed E-state index contributed by atoms with van der Waals surface area (Å²) >= 11 is 0. The Morgan fingerprint density at radius 1 is 1.24 bits per heavy atom. The number of aromatic nitrogens is 2. The number of carbonyl (C=O) groups is 1. The monoisotopic (exact) mass is 284 g/mol. The van der Waals surface area contributed by atoms with E-state index in [9.17, 15) is 14.3 Å². The summed E-state index contributed by atoms with van der Waals surface area (Å²) < 4.78 is 15.8. The van der Waals surface area contributed by atoms with Crippen LogP contribution in [0.15, 0.2) is 42.5 Å². The zero-order valence-corrected chi connectivity index (χ0v) is 11.4. The van der Waals surface area contributed by atoms with Crippen LogP contribution in [0.25, 0.3) is 16.7 Å². The molecule has 0 aliphatic carbocycles. The Morgan fingerprint density at radius 3 is 2.67 bits per heavy atom. The Bertz CT molecular complexity index is 839. The quantitative estimate of drug-likeness (QED) is 0.801. The fourth-order valence-electron chi connectivity index (χ4n) is 2.46. The summed E-state index contributed by atoms with van der Waals surface area (Å²) in [5, 5.41) is 9.26. The lowest BCUT2D eigenvalue weighted by atomic mass is 10.2. The minimum atomic E-state index is -1.04. The van der Waals surface area contributed by atoms with Crippen LogP contribution >= 0.6 is 0 Å². The number of rotatable bonds is 3. The first-order chi connectivity index (χ1) is 10.1. The van der Waals surface area contributed by atoms with Gasteiger partial charge in [-0.2, -0.15) is 0 Å². The van der Waals surface area contributed by atoms with Crippen LogP contribution in [0.3, 0.4) is 0 Å². The molecule has 0 unspecified atom stereocenters. The van der Waals surface area contributed by atoms with Gasteiger partial charge in [-0.15, -0.1) is 0 Å². The second-order valence-electron chi connectivity index (χ2n) is 4.65. The Hall–Kier alpha value is -2.69. The predicted octanol–water partition coefficient (Wildman–Crippen LogP) is 3.43. The highest BCUT2D eigenvalue weighted by Crippen LogP contribution is 2.26. The van der Waals surface area contributed by atoms with Crippen LogP contribution in [0.4, 0.5) is 4.39 Å². The van der Waals surface area contributed by atoms with Gasteiger partial charge in [0.1, 0.15) is 17.2 Å². The van der Waals surface area contributed by atoms with Gasteiger partial charge in [0, 0.05) is 6.42 Å². The summed E-state index contributed by atoms with van der Waals surface area (Å²) in [7, 11) is 0. The van der Waals surface area contributed by atoms with Gasteiger partial charge in [0.25, 0.3) is 0 Å². The molecule has 2 aromatic carbocycles. The van der Waals surface area contributed by atoms with E-state index in [0.717, 1.165) is 0 Å². The van der Waals surface area contributed by atoms with E-state index in [4.69, 9.17) is 0 Å². The Kier molecular flexibility index (Phi) is 3.17. The highest BCUT2D eigenvalue weighted by molar-refractivity contribution is 6.01. The summed E-state index contributed by atoms with van der Waals surface area (Å²) in [6.45, 7) is 1.90. The third kappa shape index (κ3) is 2.07. The molecule has 21 heavy (non-hydrogen) atoms. The van der Waals surface area contributed by atoms with Crippen molar-refractivity contribution in [2.45, 2.75) is 13.3 Å². The molecule has 0 saturated heterocycles. The molecule has 3 rings (SSSR count). The molecular formula is C16H13FN2O2. The molecular weight excluding hydrogens is 271 g/mol. The molecule has 0 fully saturated rings. The average Bonchev–Trinajstić information content (AvgIpc) is 2.85. The van der Waals surface area contributed by atoms with Crippen molar-refractivity contribution in [1.82, 2.24) is 9.55 Å². The molecule has 0 spiro atoms. The second kappa shape index (κ2) is 5.01. The maximum absolute atomic E-state index is 14.1. The molecule has 0 radical (unpaired) electrons. The number of aryl methyl sites for hydroxylation is 1. The van der Waals surface area contributed by atoms with Gasteiger partial charge < -0.3 is 5.11 Å². The highest BCUT2D eigenvalue weighted by atomic mass is 19.1. The summed E-state index contributed by atoms with van der Waals surface area (Å²) in [6, 6.07) is 11.3. The summed E-state index contributed by atoms with van der Waals surface area (Å²) in [4.78, 5) is 15.7. The number of hydrogen-bond donors (Lipinski definition) is 1. The third-order valence-electron chi connectivity index (χ3n) is 3.39. The van der Waals surface area contributed by atoms with Crippen molar-refractivity contribution in [2.24, 2.45) is 0 Å². The van der Waals surface area contributed by atoms with Crippen LogP contribution in [0.5, 0.6) is 0 Å². The summed E-state index contributed by atoms with van der Waals surface area (Å²) in [6.07, 6.45) is 0.572. The maximum atomic E-state index is 14.1. The number of imidazole rings is 1. The lowest BCUT2D eigenvalue weighted by molar-refractivity contribution is 0.0699. The molecule has 4 nitrogen and oxygen atoms in total. The van der Waals surface area contributed by atoms with Crippen molar-refractivity contribution in [3.8, 4) is 5.69 Å². The minimum absolute atomic E-state index is 0.122.